The first-order chi connectivity index (χ1) is 8.34. The van der Waals surface area contributed by atoms with Gasteiger partial charge in [-0.15, -0.1) is 0 Å². The van der Waals surface area contributed by atoms with E-state index in [1.54, 1.807) is 19.1 Å². The van der Waals surface area contributed by atoms with E-state index in [-0.39, 0.29) is 5.75 Å². The van der Waals surface area contributed by atoms with Crippen molar-refractivity contribution in [3.63, 3.8) is 0 Å². The number of hydrogen-bond donors (Lipinski definition) is 2. The fourth-order valence-corrected chi connectivity index (χ4v) is 1.75. The van der Waals surface area contributed by atoms with Gasteiger partial charge in [0.25, 0.3) is 0 Å². The van der Waals surface area contributed by atoms with Crippen LogP contribution in [0.15, 0.2) is 18.2 Å². The van der Waals surface area contributed by atoms with Gasteiger partial charge in [0.15, 0.2) is 11.6 Å². The summed E-state index contributed by atoms with van der Waals surface area (Å²) < 4.78 is 18.4. The van der Waals surface area contributed by atoms with Gasteiger partial charge in [-0.2, -0.15) is 0 Å². The predicted octanol–water partition coefficient (Wildman–Crippen LogP) is 2.13. The van der Waals surface area contributed by atoms with Crippen LogP contribution in [0.5, 0.6) is 5.75 Å². The van der Waals surface area contributed by atoms with E-state index in [0.29, 0.717) is 19.0 Å². The van der Waals surface area contributed by atoms with Crippen molar-refractivity contribution >= 4 is 0 Å². The minimum atomic E-state index is -0.898. The van der Waals surface area contributed by atoms with Crippen LogP contribution in [0.2, 0.25) is 0 Å². The van der Waals surface area contributed by atoms with Gasteiger partial charge in [-0.1, -0.05) is 19.9 Å². The highest BCUT2D eigenvalue weighted by molar-refractivity contribution is 5.30. The number of rotatable bonds is 6. The van der Waals surface area contributed by atoms with Crippen molar-refractivity contribution < 1.29 is 14.2 Å². The van der Waals surface area contributed by atoms with Crippen molar-refractivity contribution in [2.24, 2.45) is 0 Å². The van der Waals surface area contributed by atoms with Crippen LogP contribution in [0.4, 0.5) is 4.39 Å². The molecule has 1 rings (SSSR count). The molecule has 3 nitrogen and oxygen atoms in total. The third kappa shape index (κ3) is 4.63. The van der Waals surface area contributed by atoms with Crippen molar-refractivity contribution in [2.45, 2.75) is 38.8 Å². The van der Waals surface area contributed by atoms with Gasteiger partial charge < -0.3 is 15.2 Å². The average Bonchev–Trinajstić information content (AvgIpc) is 2.26. The molecule has 0 aromatic heterocycles. The van der Waals surface area contributed by atoms with E-state index in [0.717, 1.165) is 5.56 Å². The summed E-state index contributed by atoms with van der Waals surface area (Å²) in [5.41, 5.74) is -0.144. The van der Waals surface area contributed by atoms with E-state index in [9.17, 15) is 9.50 Å². The topological polar surface area (TPSA) is 41.5 Å². The normalized spacial score (nSPS) is 14.6. The van der Waals surface area contributed by atoms with Crippen molar-refractivity contribution in [1.82, 2.24) is 5.32 Å². The third-order valence-corrected chi connectivity index (χ3v) is 2.69. The number of halogens is 1. The SMILES string of the molecule is COc1ccc(CC(C)(O)CNC(C)C)cc1F. The zero-order chi connectivity index (χ0) is 13.8. The number of hydrogen-bond acceptors (Lipinski definition) is 3. The zero-order valence-electron chi connectivity index (χ0n) is 11.5. The van der Waals surface area contributed by atoms with E-state index in [1.165, 1.54) is 13.2 Å². The molecular weight excluding hydrogens is 233 g/mol. The molecule has 0 amide bonds. The standard InChI is InChI=1S/C14H22FNO2/c1-10(2)16-9-14(3,17)8-11-5-6-13(18-4)12(15)7-11/h5-7,10,16-17H,8-9H2,1-4H3. The number of nitrogens with one attached hydrogen (secondary N) is 1. The lowest BCUT2D eigenvalue weighted by Gasteiger charge is -2.25. The van der Waals surface area contributed by atoms with Crippen molar-refractivity contribution in [3.05, 3.63) is 29.6 Å². The van der Waals surface area contributed by atoms with E-state index in [4.69, 9.17) is 4.74 Å². The molecule has 0 heterocycles. The summed E-state index contributed by atoms with van der Waals surface area (Å²) >= 11 is 0. The third-order valence-electron chi connectivity index (χ3n) is 2.69. The smallest absolute Gasteiger partial charge is 0.165 e. The Morgan fingerprint density at radius 2 is 2.11 bits per heavy atom. The quantitative estimate of drug-likeness (QED) is 0.818. The predicted molar refractivity (Wildman–Crippen MR) is 70.4 cm³/mol. The highest BCUT2D eigenvalue weighted by Crippen LogP contribution is 2.20. The Hall–Kier alpha value is -1.13. The molecule has 0 saturated heterocycles. The summed E-state index contributed by atoms with van der Waals surface area (Å²) in [7, 11) is 1.43. The maximum atomic E-state index is 13.5. The van der Waals surface area contributed by atoms with Crippen LogP contribution in [0, 0.1) is 5.82 Å². The highest BCUT2D eigenvalue weighted by atomic mass is 19.1. The maximum absolute atomic E-state index is 13.5. The average molecular weight is 255 g/mol. The van der Waals surface area contributed by atoms with E-state index >= 15 is 0 Å². The zero-order valence-corrected chi connectivity index (χ0v) is 11.5. The summed E-state index contributed by atoms with van der Waals surface area (Å²) in [6.07, 6.45) is 0.396. The van der Waals surface area contributed by atoms with Gasteiger partial charge in [0.05, 0.1) is 12.7 Å². The molecule has 1 unspecified atom stereocenters. The van der Waals surface area contributed by atoms with Gasteiger partial charge in [0.2, 0.25) is 0 Å². The highest BCUT2D eigenvalue weighted by Gasteiger charge is 2.21. The van der Waals surface area contributed by atoms with Crippen LogP contribution >= 0.6 is 0 Å². The molecule has 4 heteroatoms. The number of methoxy groups -OCH3 is 1. The van der Waals surface area contributed by atoms with Gasteiger partial charge in [-0.3, -0.25) is 0 Å². The summed E-state index contributed by atoms with van der Waals surface area (Å²) in [5, 5.41) is 13.4. The molecule has 1 aromatic carbocycles. The van der Waals surface area contributed by atoms with Crippen molar-refractivity contribution in [2.75, 3.05) is 13.7 Å². The minimum absolute atomic E-state index is 0.221. The molecular formula is C14H22FNO2. The summed E-state index contributed by atoms with van der Waals surface area (Å²) in [6, 6.07) is 5.06. The molecule has 0 fully saturated rings. The van der Waals surface area contributed by atoms with Gasteiger partial charge in [-0.25, -0.2) is 4.39 Å². The Bertz CT molecular complexity index is 391. The molecule has 102 valence electrons. The van der Waals surface area contributed by atoms with E-state index in [1.807, 2.05) is 13.8 Å². The molecule has 0 aliphatic carbocycles. The molecule has 1 atom stereocenters. The van der Waals surface area contributed by atoms with E-state index < -0.39 is 11.4 Å². The van der Waals surface area contributed by atoms with Crippen LogP contribution in [-0.2, 0) is 6.42 Å². The Labute approximate surface area is 108 Å². The summed E-state index contributed by atoms with van der Waals surface area (Å²) in [5.74, 6) is -0.179. The van der Waals surface area contributed by atoms with Crippen molar-refractivity contribution in [3.8, 4) is 5.75 Å². The summed E-state index contributed by atoms with van der Waals surface area (Å²) in [4.78, 5) is 0. The lowest BCUT2D eigenvalue weighted by molar-refractivity contribution is 0.0581. The lowest BCUT2D eigenvalue weighted by Crippen LogP contribution is -2.42. The maximum Gasteiger partial charge on any atom is 0.165 e. The second kappa shape index (κ2) is 6.16. The molecule has 18 heavy (non-hydrogen) atoms. The van der Waals surface area contributed by atoms with Crippen LogP contribution < -0.4 is 10.1 Å². The van der Waals surface area contributed by atoms with Crippen LogP contribution in [0.3, 0.4) is 0 Å². The molecule has 0 radical (unpaired) electrons. The molecule has 0 aliphatic heterocycles. The monoisotopic (exact) mass is 255 g/mol. The lowest BCUT2D eigenvalue weighted by atomic mass is 9.96. The van der Waals surface area contributed by atoms with Crippen LogP contribution in [0.25, 0.3) is 0 Å². The van der Waals surface area contributed by atoms with Crippen molar-refractivity contribution in [1.29, 1.82) is 0 Å². The molecule has 1 aromatic rings. The fraction of sp³-hybridized carbons (Fsp3) is 0.571. The fourth-order valence-electron chi connectivity index (χ4n) is 1.75. The van der Waals surface area contributed by atoms with Gasteiger partial charge in [-0.05, 0) is 24.6 Å². The molecule has 0 aliphatic rings. The molecule has 2 N–H and O–H groups in total. The Morgan fingerprint density at radius 1 is 1.44 bits per heavy atom. The van der Waals surface area contributed by atoms with Gasteiger partial charge in [0, 0.05) is 19.0 Å². The number of ether oxygens (including phenoxy) is 1. The first-order valence-electron chi connectivity index (χ1n) is 6.12. The number of aliphatic hydroxyl groups is 1. The van der Waals surface area contributed by atoms with Gasteiger partial charge >= 0.3 is 0 Å². The van der Waals surface area contributed by atoms with E-state index in [2.05, 4.69) is 5.32 Å². The van der Waals surface area contributed by atoms with Crippen LogP contribution in [0.1, 0.15) is 26.3 Å². The molecule has 0 spiro atoms. The van der Waals surface area contributed by atoms with Crippen LogP contribution in [-0.4, -0.2) is 30.4 Å². The molecule has 0 bridgehead atoms. The second-order valence-corrected chi connectivity index (χ2v) is 5.18. The first kappa shape index (κ1) is 14.9. The Morgan fingerprint density at radius 3 is 2.61 bits per heavy atom. The Kier molecular flexibility index (Phi) is 5.11. The second-order valence-electron chi connectivity index (χ2n) is 5.18. The van der Waals surface area contributed by atoms with Gasteiger partial charge in [0.1, 0.15) is 0 Å². The Balaban J connectivity index is 2.68. The minimum Gasteiger partial charge on any atom is -0.494 e. The summed E-state index contributed by atoms with van der Waals surface area (Å²) in [6.45, 7) is 6.25. The number of benzene rings is 1. The molecule has 0 saturated carbocycles. The largest absolute Gasteiger partial charge is 0.494 e. The first-order valence-corrected chi connectivity index (χ1v) is 6.12.